The molecule has 3 rings (SSSR count). The lowest BCUT2D eigenvalue weighted by molar-refractivity contribution is 0.314. The van der Waals surface area contributed by atoms with Gasteiger partial charge in [0.2, 0.25) is 5.82 Å². The van der Waals surface area contributed by atoms with E-state index in [2.05, 4.69) is 0 Å². The Morgan fingerprint density at radius 2 is 1.48 bits per heavy atom. The van der Waals surface area contributed by atoms with E-state index in [4.69, 9.17) is 4.74 Å². The molecule has 3 aromatic rings. The van der Waals surface area contributed by atoms with Gasteiger partial charge in [0.05, 0.1) is 6.61 Å². The Kier molecular flexibility index (Phi) is 5.79. The fourth-order valence-electron chi connectivity index (χ4n) is 2.89. The molecule has 0 spiro atoms. The Balaban J connectivity index is 1.76. The molecule has 0 aliphatic rings. The quantitative estimate of drug-likeness (QED) is 0.474. The highest BCUT2D eigenvalue weighted by Crippen LogP contribution is 2.30. The second kappa shape index (κ2) is 8.25. The molecule has 0 unspecified atom stereocenters. The molecule has 0 heterocycles. The first-order valence-electron chi connectivity index (χ1n) is 8.64. The third-order valence-corrected chi connectivity index (χ3v) is 4.33. The Bertz CT molecular complexity index is 936. The van der Waals surface area contributed by atoms with Crippen molar-refractivity contribution >= 4 is 0 Å². The van der Waals surface area contributed by atoms with Crippen molar-refractivity contribution in [3.8, 4) is 16.9 Å². The zero-order chi connectivity index (χ0) is 19.4. The predicted molar refractivity (Wildman–Crippen MR) is 96.7 cm³/mol. The zero-order valence-electron chi connectivity index (χ0n) is 14.7. The van der Waals surface area contributed by atoms with Crippen LogP contribution in [0.5, 0.6) is 5.75 Å². The second-order valence-corrected chi connectivity index (χ2v) is 6.08. The Morgan fingerprint density at radius 3 is 2.19 bits per heavy atom. The first-order chi connectivity index (χ1) is 13.0. The third kappa shape index (κ3) is 4.13. The average Bonchev–Trinajstić information content (AvgIpc) is 2.67. The van der Waals surface area contributed by atoms with E-state index in [9.17, 15) is 17.6 Å². The maximum absolute atomic E-state index is 14.3. The molecule has 140 valence electrons. The SMILES string of the molecule is CCOc1ccc(-c2ccc(CCc3cccc(F)c3F)cc2)c(F)c1F. The van der Waals surface area contributed by atoms with E-state index in [1.165, 1.54) is 18.2 Å². The van der Waals surface area contributed by atoms with E-state index in [1.54, 1.807) is 37.3 Å². The highest BCUT2D eigenvalue weighted by atomic mass is 19.2. The summed E-state index contributed by atoms with van der Waals surface area (Å²) in [5.41, 5.74) is 1.85. The maximum atomic E-state index is 14.3. The summed E-state index contributed by atoms with van der Waals surface area (Å²) in [4.78, 5) is 0. The molecule has 5 heteroatoms. The largest absolute Gasteiger partial charge is 0.491 e. The third-order valence-electron chi connectivity index (χ3n) is 4.33. The van der Waals surface area contributed by atoms with Crippen LogP contribution in [0.15, 0.2) is 54.6 Å². The molecule has 0 radical (unpaired) electrons. The van der Waals surface area contributed by atoms with Crippen LogP contribution >= 0.6 is 0 Å². The van der Waals surface area contributed by atoms with Crippen LogP contribution in [-0.2, 0) is 12.8 Å². The standard InChI is InChI=1S/C22H18F4O/c1-2-27-19-13-12-17(21(25)22(19)26)15-9-6-14(7-10-15)8-11-16-4-3-5-18(23)20(16)24/h3-7,9-10,12-13H,2,8,11H2,1H3. The fourth-order valence-corrected chi connectivity index (χ4v) is 2.89. The topological polar surface area (TPSA) is 9.23 Å². The van der Waals surface area contributed by atoms with Gasteiger partial charge in [-0.3, -0.25) is 0 Å². The number of benzene rings is 3. The molecule has 0 amide bonds. The van der Waals surface area contributed by atoms with Gasteiger partial charge in [-0.25, -0.2) is 13.2 Å². The highest BCUT2D eigenvalue weighted by Gasteiger charge is 2.15. The molecule has 0 saturated heterocycles. The van der Waals surface area contributed by atoms with Crippen LogP contribution < -0.4 is 4.74 Å². The van der Waals surface area contributed by atoms with Crippen molar-refractivity contribution in [2.45, 2.75) is 19.8 Å². The van der Waals surface area contributed by atoms with Crippen LogP contribution in [0.4, 0.5) is 17.6 Å². The summed E-state index contributed by atoms with van der Waals surface area (Å²) in [5, 5.41) is 0. The number of hydrogen-bond donors (Lipinski definition) is 0. The average molecular weight is 374 g/mol. The van der Waals surface area contributed by atoms with Crippen LogP contribution in [0.1, 0.15) is 18.1 Å². The van der Waals surface area contributed by atoms with Crippen molar-refractivity contribution in [2.24, 2.45) is 0 Å². The van der Waals surface area contributed by atoms with E-state index in [1.807, 2.05) is 0 Å². The molecule has 0 aliphatic heterocycles. The lowest BCUT2D eigenvalue weighted by Crippen LogP contribution is -1.99. The molecule has 0 aromatic heterocycles. The molecule has 3 aromatic carbocycles. The summed E-state index contributed by atoms with van der Waals surface area (Å²) in [5.74, 6) is -3.79. The zero-order valence-corrected chi connectivity index (χ0v) is 14.7. The van der Waals surface area contributed by atoms with E-state index in [-0.39, 0.29) is 17.9 Å². The van der Waals surface area contributed by atoms with Gasteiger partial charge >= 0.3 is 0 Å². The second-order valence-electron chi connectivity index (χ2n) is 6.08. The smallest absolute Gasteiger partial charge is 0.201 e. The van der Waals surface area contributed by atoms with Gasteiger partial charge < -0.3 is 4.74 Å². The van der Waals surface area contributed by atoms with Crippen molar-refractivity contribution < 1.29 is 22.3 Å². The van der Waals surface area contributed by atoms with E-state index < -0.39 is 23.3 Å². The van der Waals surface area contributed by atoms with Crippen LogP contribution in [0.25, 0.3) is 11.1 Å². The molecule has 0 fully saturated rings. The maximum Gasteiger partial charge on any atom is 0.201 e. The molecule has 0 atom stereocenters. The molecular weight excluding hydrogens is 356 g/mol. The number of aryl methyl sites for hydroxylation is 2. The van der Waals surface area contributed by atoms with E-state index in [0.717, 1.165) is 11.6 Å². The van der Waals surface area contributed by atoms with Crippen LogP contribution in [0, 0.1) is 23.3 Å². The van der Waals surface area contributed by atoms with Crippen LogP contribution in [-0.4, -0.2) is 6.61 Å². The summed E-state index contributed by atoms with van der Waals surface area (Å²) in [6, 6.07) is 13.9. The number of halogens is 4. The first-order valence-corrected chi connectivity index (χ1v) is 8.64. The van der Waals surface area contributed by atoms with Gasteiger partial charge in [0.15, 0.2) is 23.2 Å². The first kappa shape index (κ1) is 19.0. The molecule has 27 heavy (non-hydrogen) atoms. The van der Waals surface area contributed by atoms with Crippen molar-refractivity contribution in [3.05, 3.63) is 89.0 Å². The molecule has 0 aliphatic carbocycles. The van der Waals surface area contributed by atoms with Gasteiger partial charge in [0.25, 0.3) is 0 Å². The molecule has 0 bridgehead atoms. The normalized spacial score (nSPS) is 10.9. The van der Waals surface area contributed by atoms with E-state index in [0.29, 0.717) is 24.0 Å². The minimum Gasteiger partial charge on any atom is -0.491 e. The summed E-state index contributed by atoms with van der Waals surface area (Å²) in [7, 11) is 0. The Morgan fingerprint density at radius 1 is 0.741 bits per heavy atom. The van der Waals surface area contributed by atoms with Crippen LogP contribution in [0.3, 0.4) is 0 Å². The minimum atomic E-state index is -1.01. The van der Waals surface area contributed by atoms with Crippen molar-refractivity contribution in [1.82, 2.24) is 0 Å². The van der Waals surface area contributed by atoms with Gasteiger partial charge in [-0.2, -0.15) is 4.39 Å². The highest BCUT2D eigenvalue weighted by molar-refractivity contribution is 5.65. The molecule has 1 nitrogen and oxygen atoms in total. The van der Waals surface area contributed by atoms with Crippen LogP contribution in [0.2, 0.25) is 0 Å². The lowest BCUT2D eigenvalue weighted by Gasteiger charge is -2.10. The monoisotopic (exact) mass is 374 g/mol. The van der Waals surface area contributed by atoms with Crippen molar-refractivity contribution in [1.29, 1.82) is 0 Å². The Labute approximate surface area is 155 Å². The van der Waals surface area contributed by atoms with Gasteiger partial charge in [0.1, 0.15) is 0 Å². The van der Waals surface area contributed by atoms with Gasteiger partial charge in [0, 0.05) is 5.56 Å². The van der Waals surface area contributed by atoms with Gasteiger partial charge in [-0.05, 0) is 54.7 Å². The van der Waals surface area contributed by atoms with Crippen molar-refractivity contribution in [3.63, 3.8) is 0 Å². The predicted octanol–water partition coefficient (Wildman–Crippen LogP) is 6.09. The number of rotatable bonds is 6. The number of ether oxygens (including phenoxy) is 1. The molecule has 0 saturated carbocycles. The summed E-state index contributed by atoms with van der Waals surface area (Å²) >= 11 is 0. The lowest BCUT2D eigenvalue weighted by atomic mass is 9.99. The van der Waals surface area contributed by atoms with Gasteiger partial charge in [-0.1, -0.05) is 36.4 Å². The summed E-state index contributed by atoms with van der Waals surface area (Å²) in [6.07, 6.45) is 0.843. The van der Waals surface area contributed by atoms with E-state index >= 15 is 0 Å². The van der Waals surface area contributed by atoms with Crippen molar-refractivity contribution in [2.75, 3.05) is 6.61 Å². The summed E-state index contributed by atoms with van der Waals surface area (Å²) in [6.45, 7) is 1.94. The minimum absolute atomic E-state index is 0.118. The van der Waals surface area contributed by atoms with Gasteiger partial charge in [-0.15, -0.1) is 0 Å². The molecular formula is C22H18F4O. The fraction of sp³-hybridized carbons (Fsp3) is 0.182. The molecule has 0 N–H and O–H groups in total. The Hall–Kier alpha value is -2.82. The number of hydrogen-bond acceptors (Lipinski definition) is 1. The summed E-state index contributed by atoms with van der Waals surface area (Å²) < 4.78 is 60.3.